The van der Waals surface area contributed by atoms with Crippen molar-refractivity contribution < 1.29 is 9.84 Å². The largest absolute Gasteiger partial charge is 0.508 e. The van der Waals surface area contributed by atoms with E-state index in [2.05, 4.69) is 35.2 Å². The number of benzene rings is 2. The molecule has 35 heavy (non-hydrogen) atoms. The van der Waals surface area contributed by atoms with Gasteiger partial charge in [-0.2, -0.15) is 0 Å². The molecule has 3 fully saturated rings. The molecule has 0 bridgehead atoms. The molecule has 0 unspecified atom stereocenters. The summed E-state index contributed by atoms with van der Waals surface area (Å²) in [5.74, 6) is 3.84. The summed E-state index contributed by atoms with van der Waals surface area (Å²) in [7, 11) is 0. The minimum Gasteiger partial charge on any atom is -0.508 e. The second-order valence-corrected chi connectivity index (χ2v) is 11.7. The number of aryl methyl sites for hydroxylation is 1. The van der Waals surface area contributed by atoms with E-state index in [1.165, 1.54) is 88.4 Å². The maximum absolute atomic E-state index is 9.96. The van der Waals surface area contributed by atoms with Crippen LogP contribution in [0.4, 0.5) is 0 Å². The van der Waals surface area contributed by atoms with Crippen LogP contribution in [0.5, 0.6) is 11.5 Å². The summed E-state index contributed by atoms with van der Waals surface area (Å²) in [5.41, 5.74) is 4.93. The lowest BCUT2D eigenvalue weighted by atomic mass is 9.54. The summed E-state index contributed by atoms with van der Waals surface area (Å²) >= 11 is 0. The molecular formula is C31H42ClNO2. The van der Waals surface area contributed by atoms with Crippen LogP contribution in [0, 0.1) is 17.3 Å². The average molecular weight is 496 g/mol. The predicted molar refractivity (Wildman–Crippen MR) is 145 cm³/mol. The molecule has 2 aromatic carbocycles. The highest BCUT2D eigenvalue weighted by molar-refractivity contribution is 5.85. The number of piperidine rings is 1. The molecule has 1 saturated heterocycles. The van der Waals surface area contributed by atoms with Crippen molar-refractivity contribution in [2.24, 2.45) is 17.3 Å². The summed E-state index contributed by atoms with van der Waals surface area (Å²) in [5, 5.41) is 9.96. The van der Waals surface area contributed by atoms with Crippen LogP contribution in [0.1, 0.15) is 80.4 Å². The van der Waals surface area contributed by atoms with E-state index in [9.17, 15) is 5.11 Å². The van der Waals surface area contributed by atoms with E-state index < -0.39 is 0 Å². The molecule has 1 heterocycles. The Morgan fingerprint density at radius 2 is 1.74 bits per heavy atom. The van der Waals surface area contributed by atoms with Crippen molar-refractivity contribution in [2.45, 2.75) is 76.5 Å². The van der Waals surface area contributed by atoms with E-state index in [1.807, 2.05) is 12.1 Å². The number of aromatic hydroxyl groups is 1. The van der Waals surface area contributed by atoms with Crippen LogP contribution < -0.4 is 4.74 Å². The fraction of sp³-hybridized carbons (Fsp3) is 0.613. The van der Waals surface area contributed by atoms with Gasteiger partial charge in [-0.25, -0.2) is 0 Å². The van der Waals surface area contributed by atoms with E-state index in [0.29, 0.717) is 17.1 Å². The third-order valence-corrected chi connectivity index (χ3v) is 9.84. The Morgan fingerprint density at radius 1 is 0.914 bits per heavy atom. The molecule has 0 spiro atoms. The summed E-state index contributed by atoms with van der Waals surface area (Å²) in [6, 6.07) is 15.3. The van der Waals surface area contributed by atoms with Gasteiger partial charge in [-0.05, 0) is 135 Å². The summed E-state index contributed by atoms with van der Waals surface area (Å²) < 4.78 is 6.09. The first-order valence-corrected chi connectivity index (χ1v) is 14.0. The van der Waals surface area contributed by atoms with Gasteiger partial charge in [0.1, 0.15) is 18.1 Å². The first-order chi connectivity index (χ1) is 16.7. The van der Waals surface area contributed by atoms with E-state index in [-0.39, 0.29) is 12.4 Å². The van der Waals surface area contributed by atoms with Crippen LogP contribution >= 0.6 is 12.4 Å². The van der Waals surface area contributed by atoms with Gasteiger partial charge in [-0.15, -0.1) is 12.4 Å². The SMILES string of the molecule is Cl.Oc1ccc2c(c1)CC[C@@H]1[C@@H]2CC[C@]2(Cc3ccc(OCCN4CCCCC4)cc3)CCC[C@@H]12. The standard InChI is InChI=1S/C31H41NO2.ClH/c33-25-9-13-27-24(21-25)8-12-29-28(27)14-16-31(15-4-5-30(29)31)22-23-6-10-26(11-7-23)34-20-19-32-17-2-1-3-18-32;/h6-7,9-11,13,21,28-30,33H,1-5,8,12,14-20,22H2;1H/t28-,29-,30+,31+;/m1./s1. The number of hydrogen-bond acceptors (Lipinski definition) is 3. The molecule has 2 saturated carbocycles. The number of rotatable bonds is 6. The lowest BCUT2D eigenvalue weighted by Crippen LogP contribution is -2.42. The second-order valence-electron chi connectivity index (χ2n) is 11.7. The van der Waals surface area contributed by atoms with Crippen LogP contribution in [-0.4, -0.2) is 36.2 Å². The van der Waals surface area contributed by atoms with Gasteiger partial charge in [0.15, 0.2) is 0 Å². The Hall–Kier alpha value is -1.71. The first-order valence-electron chi connectivity index (χ1n) is 14.0. The second kappa shape index (κ2) is 10.7. The molecule has 4 heteroatoms. The number of nitrogens with zero attached hydrogens (tertiary/aromatic N) is 1. The van der Waals surface area contributed by atoms with Gasteiger partial charge >= 0.3 is 0 Å². The molecule has 4 aliphatic rings. The average Bonchev–Trinajstić information content (AvgIpc) is 3.29. The van der Waals surface area contributed by atoms with Crippen LogP contribution in [0.15, 0.2) is 42.5 Å². The third kappa shape index (κ3) is 5.09. The van der Waals surface area contributed by atoms with Gasteiger partial charge in [0.25, 0.3) is 0 Å². The number of halogens is 1. The quantitative estimate of drug-likeness (QED) is 0.462. The van der Waals surface area contributed by atoms with Crippen molar-refractivity contribution in [3.05, 3.63) is 59.2 Å². The minimum absolute atomic E-state index is 0. The van der Waals surface area contributed by atoms with E-state index in [0.717, 1.165) is 37.2 Å². The molecule has 4 atom stereocenters. The summed E-state index contributed by atoms with van der Waals surface area (Å²) in [6.07, 6.45) is 14.6. The zero-order valence-electron chi connectivity index (χ0n) is 21.1. The molecule has 3 nitrogen and oxygen atoms in total. The van der Waals surface area contributed by atoms with Crippen LogP contribution in [-0.2, 0) is 12.8 Å². The van der Waals surface area contributed by atoms with Crippen molar-refractivity contribution >= 4 is 12.4 Å². The van der Waals surface area contributed by atoms with Crippen molar-refractivity contribution in [3.63, 3.8) is 0 Å². The molecule has 0 radical (unpaired) electrons. The van der Waals surface area contributed by atoms with Gasteiger partial charge in [0.05, 0.1) is 0 Å². The normalized spacial score (nSPS) is 30.0. The zero-order chi connectivity index (χ0) is 23.0. The third-order valence-electron chi connectivity index (χ3n) is 9.84. The van der Waals surface area contributed by atoms with Gasteiger partial charge in [-0.1, -0.05) is 31.0 Å². The molecule has 1 N–H and O–H groups in total. The maximum atomic E-state index is 9.96. The Morgan fingerprint density at radius 3 is 2.57 bits per heavy atom. The van der Waals surface area contributed by atoms with Gasteiger partial charge in [-0.3, -0.25) is 4.90 Å². The molecular weight excluding hydrogens is 454 g/mol. The lowest BCUT2D eigenvalue weighted by molar-refractivity contribution is 0.0443. The molecule has 1 aliphatic heterocycles. The number of hydrogen-bond donors (Lipinski definition) is 1. The number of likely N-dealkylation sites (tertiary alicyclic amines) is 1. The molecule has 3 aliphatic carbocycles. The highest BCUT2D eigenvalue weighted by Gasteiger charge is 2.52. The molecule has 0 aromatic heterocycles. The molecule has 2 aromatic rings. The fourth-order valence-corrected chi connectivity index (χ4v) is 8.26. The van der Waals surface area contributed by atoms with Crippen molar-refractivity contribution in [1.82, 2.24) is 4.90 Å². The highest BCUT2D eigenvalue weighted by atomic mass is 35.5. The Labute approximate surface area is 217 Å². The fourth-order valence-electron chi connectivity index (χ4n) is 8.26. The Kier molecular flexibility index (Phi) is 7.65. The number of fused-ring (bicyclic) bond motifs is 5. The maximum Gasteiger partial charge on any atom is 0.119 e. The zero-order valence-corrected chi connectivity index (χ0v) is 21.9. The summed E-state index contributed by atoms with van der Waals surface area (Å²) in [4.78, 5) is 2.54. The van der Waals surface area contributed by atoms with Crippen molar-refractivity contribution in [2.75, 3.05) is 26.2 Å². The predicted octanol–water partition coefficient (Wildman–Crippen LogP) is 7.15. The lowest BCUT2D eigenvalue weighted by Gasteiger charge is -2.51. The number of phenols is 1. The smallest absolute Gasteiger partial charge is 0.119 e. The van der Waals surface area contributed by atoms with Crippen molar-refractivity contribution in [3.8, 4) is 11.5 Å². The Balaban J connectivity index is 0.00000253. The van der Waals surface area contributed by atoms with Gasteiger partial charge < -0.3 is 9.84 Å². The molecule has 0 amide bonds. The van der Waals surface area contributed by atoms with Gasteiger partial charge in [0, 0.05) is 6.54 Å². The number of phenolic OH excluding ortho intramolecular Hbond substituents is 1. The van der Waals surface area contributed by atoms with Gasteiger partial charge in [0.2, 0.25) is 0 Å². The van der Waals surface area contributed by atoms with Crippen molar-refractivity contribution in [1.29, 1.82) is 0 Å². The molecule has 6 rings (SSSR count). The minimum atomic E-state index is 0. The topological polar surface area (TPSA) is 32.7 Å². The van der Waals surface area contributed by atoms with E-state index in [1.54, 1.807) is 5.56 Å². The van der Waals surface area contributed by atoms with E-state index >= 15 is 0 Å². The van der Waals surface area contributed by atoms with Crippen LogP contribution in [0.3, 0.4) is 0 Å². The molecule has 190 valence electrons. The van der Waals surface area contributed by atoms with E-state index in [4.69, 9.17) is 4.74 Å². The van der Waals surface area contributed by atoms with Crippen LogP contribution in [0.2, 0.25) is 0 Å². The Bertz CT molecular complexity index is 986. The number of ether oxygens (including phenoxy) is 1. The summed E-state index contributed by atoms with van der Waals surface area (Å²) in [6.45, 7) is 4.33. The highest BCUT2D eigenvalue weighted by Crippen LogP contribution is 2.62. The monoisotopic (exact) mass is 495 g/mol. The van der Waals surface area contributed by atoms with Crippen LogP contribution in [0.25, 0.3) is 0 Å². The first kappa shape index (κ1) is 25.0.